The summed E-state index contributed by atoms with van der Waals surface area (Å²) < 4.78 is 29.5. The van der Waals surface area contributed by atoms with Gasteiger partial charge in [0.1, 0.15) is 30.7 Å². The van der Waals surface area contributed by atoms with Crippen LogP contribution in [0.2, 0.25) is 0 Å². The first-order valence-electron chi connectivity index (χ1n) is 15.0. The number of methoxy groups -OCH3 is 1. The quantitative estimate of drug-likeness (QED) is 0.268. The molecule has 2 aliphatic heterocycles. The molecule has 12 atom stereocenters. The van der Waals surface area contributed by atoms with Gasteiger partial charge in [-0.05, 0) is 46.2 Å². The first-order chi connectivity index (χ1) is 20.3. The van der Waals surface area contributed by atoms with Crippen LogP contribution in [-0.2, 0) is 38.1 Å². The third-order valence-electron chi connectivity index (χ3n) is 8.07. The van der Waals surface area contributed by atoms with Crippen molar-refractivity contribution in [3.8, 4) is 0 Å². The lowest BCUT2D eigenvalue weighted by molar-refractivity contribution is -0.310. The Bertz CT molecular complexity index is 941. The number of carbonyl (C=O) groups excluding carboxylic acids is 3. The van der Waals surface area contributed by atoms with E-state index in [4.69, 9.17) is 23.7 Å². The fraction of sp³-hybridized carbons (Fsp3) is 0.774. The number of aliphatic hydroxyl groups is 3. The number of aldehydes is 1. The van der Waals surface area contributed by atoms with Crippen LogP contribution < -0.4 is 0 Å². The highest BCUT2D eigenvalue weighted by atomic mass is 16.7. The Morgan fingerprint density at radius 1 is 1.12 bits per heavy atom. The van der Waals surface area contributed by atoms with E-state index < -0.39 is 79.0 Å². The molecule has 0 radical (unpaired) electrons. The molecule has 0 bridgehead atoms. The summed E-state index contributed by atoms with van der Waals surface area (Å²) in [6, 6.07) is -0.741. The first-order valence-corrected chi connectivity index (χ1v) is 15.0. The zero-order valence-corrected chi connectivity index (χ0v) is 26.4. The van der Waals surface area contributed by atoms with Crippen molar-refractivity contribution < 1.29 is 53.4 Å². The number of likely N-dealkylation sites (N-methyl/N-ethyl adjacent to an activating group) is 1. The number of rotatable bonds is 8. The third kappa shape index (κ3) is 10.7. The summed E-state index contributed by atoms with van der Waals surface area (Å²) in [5.74, 6) is -2.17. The van der Waals surface area contributed by atoms with Crippen molar-refractivity contribution in [1.82, 2.24) is 4.90 Å². The summed E-state index contributed by atoms with van der Waals surface area (Å²) in [6.45, 7) is 6.84. The molecule has 0 aromatic rings. The van der Waals surface area contributed by atoms with Gasteiger partial charge >= 0.3 is 11.9 Å². The van der Waals surface area contributed by atoms with E-state index in [1.54, 1.807) is 58.0 Å². The molecular weight excluding hydrogens is 562 g/mol. The van der Waals surface area contributed by atoms with Crippen LogP contribution in [0, 0.1) is 11.8 Å². The Labute approximate surface area is 254 Å². The van der Waals surface area contributed by atoms with Gasteiger partial charge in [0.15, 0.2) is 6.29 Å². The van der Waals surface area contributed by atoms with Crippen molar-refractivity contribution in [2.45, 2.75) is 121 Å². The maximum Gasteiger partial charge on any atom is 0.309 e. The van der Waals surface area contributed by atoms with E-state index in [9.17, 15) is 29.7 Å². The summed E-state index contributed by atoms with van der Waals surface area (Å²) in [5, 5.41) is 32.9. The Kier molecular flexibility index (Phi) is 15.4. The molecule has 0 amide bonds. The Morgan fingerprint density at radius 3 is 2.42 bits per heavy atom. The molecule has 3 N–H and O–H groups in total. The highest BCUT2D eigenvalue weighted by molar-refractivity contribution is 5.72. The predicted octanol–water partition coefficient (Wildman–Crippen LogP) is 1.54. The third-order valence-corrected chi connectivity index (χ3v) is 8.07. The van der Waals surface area contributed by atoms with Gasteiger partial charge in [-0.15, -0.1) is 0 Å². The Balaban J connectivity index is 2.63. The van der Waals surface area contributed by atoms with E-state index in [-0.39, 0.29) is 31.6 Å². The van der Waals surface area contributed by atoms with Crippen LogP contribution in [0.15, 0.2) is 24.3 Å². The van der Waals surface area contributed by atoms with E-state index >= 15 is 0 Å². The molecule has 0 aromatic heterocycles. The molecule has 0 aliphatic carbocycles. The monoisotopic (exact) mass is 613 g/mol. The number of cyclic esters (lactones) is 1. The summed E-state index contributed by atoms with van der Waals surface area (Å²) >= 11 is 0. The number of nitrogens with zero attached hydrogens (tertiary/aromatic N) is 1. The first kappa shape index (κ1) is 37.0. The van der Waals surface area contributed by atoms with Crippen molar-refractivity contribution in [3.05, 3.63) is 24.3 Å². The highest BCUT2D eigenvalue weighted by Crippen LogP contribution is 2.34. The van der Waals surface area contributed by atoms with E-state index in [0.717, 1.165) is 6.29 Å². The van der Waals surface area contributed by atoms with Crippen LogP contribution in [0.25, 0.3) is 0 Å². The van der Waals surface area contributed by atoms with Crippen molar-refractivity contribution in [1.29, 1.82) is 0 Å². The molecule has 12 nitrogen and oxygen atoms in total. The lowest BCUT2D eigenvalue weighted by atomic mass is 9.82. The smallest absolute Gasteiger partial charge is 0.309 e. The average molecular weight is 614 g/mol. The van der Waals surface area contributed by atoms with Crippen LogP contribution in [0.5, 0.6) is 0 Å². The maximum atomic E-state index is 13.0. The van der Waals surface area contributed by atoms with Gasteiger partial charge in [-0.3, -0.25) is 9.59 Å². The zero-order chi connectivity index (χ0) is 32.3. The van der Waals surface area contributed by atoms with E-state index in [1.165, 1.54) is 7.11 Å². The molecule has 1 fully saturated rings. The normalized spacial score (nSPS) is 38.4. The number of allylic oxidation sites excluding steroid dienone is 2. The van der Waals surface area contributed by atoms with Gasteiger partial charge in [-0.2, -0.15) is 0 Å². The fourth-order valence-corrected chi connectivity index (χ4v) is 5.63. The van der Waals surface area contributed by atoms with Crippen molar-refractivity contribution >= 4 is 18.2 Å². The van der Waals surface area contributed by atoms with Gasteiger partial charge in [0.25, 0.3) is 0 Å². The summed E-state index contributed by atoms with van der Waals surface area (Å²) in [6.07, 6.45) is -1.00. The minimum absolute atomic E-state index is 0.0285. The summed E-state index contributed by atoms with van der Waals surface area (Å²) in [4.78, 5) is 39.2. The molecule has 2 rings (SSSR count). The number of hydrogen-bond acceptors (Lipinski definition) is 12. The molecule has 43 heavy (non-hydrogen) atoms. The largest absolute Gasteiger partial charge is 0.462 e. The highest BCUT2D eigenvalue weighted by Gasteiger charge is 2.48. The lowest BCUT2D eigenvalue weighted by Crippen LogP contribution is -2.63. The number of carbonyl (C=O) groups is 3. The lowest BCUT2D eigenvalue weighted by Gasteiger charge is -2.47. The van der Waals surface area contributed by atoms with Gasteiger partial charge in [-0.25, -0.2) is 0 Å². The molecule has 0 aromatic carbocycles. The second-order valence-corrected chi connectivity index (χ2v) is 11.7. The zero-order valence-electron chi connectivity index (χ0n) is 26.4. The molecule has 2 heterocycles. The molecular formula is C31H51NO11. The number of aliphatic hydroxyl groups excluding tert-OH is 3. The van der Waals surface area contributed by atoms with Crippen molar-refractivity contribution in [3.63, 3.8) is 0 Å². The molecule has 12 heteroatoms. The maximum absolute atomic E-state index is 13.0. The minimum atomic E-state index is -1.31. The second kappa shape index (κ2) is 17.9. The van der Waals surface area contributed by atoms with Crippen LogP contribution in [-0.4, -0.2) is 121 Å². The van der Waals surface area contributed by atoms with Gasteiger partial charge in [0.2, 0.25) is 0 Å². The minimum Gasteiger partial charge on any atom is -0.462 e. The van der Waals surface area contributed by atoms with E-state index in [0.29, 0.717) is 6.42 Å². The summed E-state index contributed by atoms with van der Waals surface area (Å²) in [5.41, 5.74) is 0. The Morgan fingerprint density at radius 2 is 1.81 bits per heavy atom. The average Bonchev–Trinajstić information content (AvgIpc) is 2.94. The van der Waals surface area contributed by atoms with Gasteiger partial charge in [-0.1, -0.05) is 38.2 Å². The molecule has 0 spiro atoms. The summed E-state index contributed by atoms with van der Waals surface area (Å²) in [7, 11) is 4.80. The topological polar surface area (TPSA) is 161 Å². The SMILES string of the molecule is CCC(=O)OC1CC(=O)OC(C)CC=CC=CC(O)C(C)CC(CC=O)C(OC2OC(C)C(O)C(N(C)C)C2O)C1OC. The fourth-order valence-electron chi connectivity index (χ4n) is 5.63. The van der Waals surface area contributed by atoms with Gasteiger partial charge < -0.3 is 48.7 Å². The van der Waals surface area contributed by atoms with Crippen molar-refractivity contribution in [2.24, 2.45) is 11.8 Å². The number of ether oxygens (including phenoxy) is 5. The number of hydrogen-bond donors (Lipinski definition) is 3. The predicted molar refractivity (Wildman–Crippen MR) is 157 cm³/mol. The van der Waals surface area contributed by atoms with Crippen LogP contribution in [0.4, 0.5) is 0 Å². The van der Waals surface area contributed by atoms with Crippen LogP contribution in [0.1, 0.15) is 59.8 Å². The van der Waals surface area contributed by atoms with E-state index in [2.05, 4.69) is 0 Å². The van der Waals surface area contributed by atoms with Crippen LogP contribution in [0.3, 0.4) is 0 Å². The second-order valence-electron chi connectivity index (χ2n) is 11.7. The van der Waals surface area contributed by atoms with Crippen molar-refractivity contribution in [2.75, 3.05) is 21.2 Å². The standard InChI is InChI=1S/C31H51NO11/c1-8-24(35)42-23-17-25(36)40-19(3)12-10-9-11-13-22(34)18(2)16-21(14-15-33)29(30(23)39-7)43-31-28(38)26(32(5)6)27(37)20(4)41-31/h9-11,13,15,18-23,26-31,34,37-38H,8,12,14,16-17H2,1-7H3. The Hall–Kier alpha value is -2.19. The molecule has 2 aliphatic rings. The van der Waals surface area contributed by atoms with Crippen LogP contribution >= 0.6 is 0 Å². The number of esters is 2. The molecule has 1 saturated heterocycles. The molecule has 246 valence electrons. The van der Waals surface area contributed by atoms with Gasteiger partial charge in [0, 0.05) is 26.4 Å². The molecule has 0 saturated carbocycles. The van der Waals surface area contributed by atoms with E-state index in [1.807, 2.05) is 13.0 Å². The van der Waals surface area contributed by atoms with Gasteiger partial charge in [0.05, 0.1) is 36.9 Å². The molecule has 12 unspecified atom stereocenters.